The van der Waals surface area contributed by atoms with E-state index in [2.05, 4.69) is 15.1 Å². The highest BCUT2D eigenvalue weighted by Gasteiger charge is 2.31. The van der Waals surface area contributed by atoms with Gasteiger partial charge in [-0.1, -0.05) is 6.08 Å². The van der Waals surface area contributed by atoms with Gasteiger partial charge in [-0.3, -0.25) is 4.79 Å². The van der Waals surface area contributed by atoms with Gasteiger partial charge in [0.1, 0.15) is 29.4 Å². The van der Waals surface area contributed by atoms with Crippen molar-refractivity contribution in [2.45, 2.75) is 25.3 Å². The summed E-state index contributed by atoms with van der Waals surface area (Å²) in [7, 11) is 0. The predicted molar refractivity (Wildman–Crippen MR) is 138 cm³/mol. The first kappa shape index (κ1) is 28.4. The SMILES string of the molecule is Nc1ncnc2c1c(-c1ccc(Oc3c(F)c(F)cc(F)c3F)cc1F)nn2[C@@H]1CCN(C(=O)CC/C=C/C(=O)O)C1. The van der Waals surface area contributed by atoms with Crippen molar-refractivity contribution in [3.8, 4) is 22.8 Å². The van der Waals surface area contributed by atoms with Crippen molar-refractivity contribution < 1.29 is 41.4 Å². The predicted octanol–water partition coefficient (Wildman–Crippen LogP) is 4.76. The van der Waals surface area contributed by atoms with Crippen molar-refractivity contribution in [1.29, 1.82) is 0 Å². The highest BCUT2D eigenvalue weighted by Crippen LogP contribution is 2.37. The number of carbonyl (C=O) groups excluding carboxylic acids is 1. The lowest BCUT2D eigenvalue weighted by Gasteiger charge is -2.16. The van der Waals surface area contributed by atoms with E-state index in [0.29, 0.717) is 13.0 Å². The molecule has 3 N–H and O–H groups in total. The Kier molecular flexibility index (Phi) is 7.74. The van der Waals surface area contributed by atoms with E-state index in [1.807, 2.05) is 0 Å². The molecule has 10 nitrogen and oxygen atoms in total. The van der Waals surface area contributed by atoms with E-state index in [1.54, 1.807) is 4.90 Å². The zero-order valence-corrected chi connectivity index (χ0v) is 21.5. The number of aromatic nitrogens is 4. The lowest BCUT2D eigenvalue weighted by atomic mass is 10.1. The molecule has 1 aliphatic heterocycles. The summed E-state index contributed by atoms with van der Waals surface area (Å²) in [4.78, 5) is 33.1. The summed E-state index contributed by atoms with van der Waals surface area (Å²) in [5, 5.41) is 13.4. The van der Waals surface area contributed by atoms with Crippen molar-refractivity contribution in [2.75, 3.05) is 18.8 Å². The molecule has 218 valence electrons. The maximum Gasteiger partial charge on any atom is 0.327 e. The number of allylic oxidation sites excluding steroid dienone is 1. The molecule has 3 heterocycles. The summed E-state index contributed by atoms with van der Waals surface area (Å²) in [6.45, 7) is 0.662. The minimum Gasteiger partial charge on any atom is -0.478 e. The second kappa shape index (κ2) is 11.4. The van der Waals surface area contributed by atoms with Gasteiger partial charge in [-0.2, -0.15) is 13.9 Å². The van der Waals surface area contributed by atoms with Gasteiger partial charge in [-0.05, 0) is 25.0 Å². The third-order valence-corrected chi connectivity index (χ3v) is 6.65. The van der Waals surface area contributed by atoms with Crippen LogP contribution in [-0.4, -0.2) is 54.7 Å². The zero-order valence-electron chi connectivity index (χ0n) is 21.5. The number of halogens is 5. The molecule has 0 unspecified atom stereocenters. The molecular formula is C27H21F5N6O4. The van der Waals surface area contributed by atoms with Crippen LogP contribution in [0.4, 0.5) is 27.8 Å². The number of rotatable bonds is 8. The molecule has 15 heteroatoms. The highest BCUT2D eigenvalue weighted by atomic mass is 19.2. The number of likely N-dealkylation sites (tertiary alicyclic amines) is 1. The Labute approximate surface area is 233 Å². The normalized spacial score (nSPS) is 15.2. The molecule has 1 fully saturated rings. The van der Waals surface area contributed by atoms with E-state index in [1.165, 1.54) is 23.2 Å². The summed E-state index contributed by atoms with van der Waals surface area (Å²) in [6, 6.07) is 2.74. The van der Waals surface area contributed by atoms with Crippen molar-refractivity contribution >= 4 is 28.7 Å². The summed E-state index contributed by atoms with van der Waals surface area (Å²) >= 11 is 0. The average Bonchev–Trinajstić information content (AvgIpc) is 3.58. The van der Waals surface area contributed by atoms with Gasteiger partial charge in [0, 0.05) is 43.3 Å². The third-order valence-electron chi connectivity index (χ3n) is 6.65. The first-order valence-corrected chi connectivity index (χ1v) is 12.5. The molecule has 1 atom stereocenters. The average molecular weight is 588 g/mol. The van der Waals surface area contributed by atoms with Crippen LogP contribution in [0.25, 0.3) is 22.3 Å². The van der Waals surface area contributed by atoms with Crippen LogP contribution >= 0.6 is 0 Å². The molecule has 1 amide bonds. The molecule has 0 aliphatic carbocycles. The number of aliphatic carboxylic acids is 1. The number of hydrogen-bond donors (Lipinski definition) is 2. The van der Waals surface area contributed by atoms with Gasteiger partial charge in [0.2, 0.25) is 23.3 Å². The topological polar surface area (TPSA) is 136 Å². The Morgan fingerprint density at radius 3 is 2.50 bits per heavy atom. The first-order chi connectivity index (χ1) is 20.0. The number of benzene rings is 2. The van der Waals surface area contributed by atoms with Crippen LogP contribution < -0.4 is 10.5 Å². The van der Waals surface area contributed by atoms with E-state index in [4.69, 9.17) is 15.6 Å². The minimum atomic E-state index is -1.78. The summed E-state index contributed by atoms with van der Waals surface area (Å²) < 4.78 is 77.0. The number of ether oxygens (including phenoxy) is 1. The quantitative estimate of drug-likeness (QED) is 0.171. The largest absolute Gasteiger partial charge is 0.478 e. The van der Waals surface area contributed by atoms with Crippen LogP contribution in [0.1, 0.15) is 25.3 Å². The van der Waals surface area contributed by atoms with Gasteiger partial charge >= 0.3 is 5.97 Å². The lowest BCUT2D eigenvalue weighted by molar-refractivity contribution is -0.132. The molecule has 1 aliphatic rings. The van der Waals surface area contributed by atoms with Gasteiger partial charge in [-0.15, -0.1) is 0 Å². The van der Waals surface area contributed by atoms with Gasteiger partial charge in [-0.25, -0.2) is 32.6 Å². The number of hydrogen-bond acceptors (Lipinski definition) is 7. The Morgan fingerprint density at radius 2 is 1.81 bits per heavy atom. The lowest BCUT2D eigenvalue weighted by Crippen LogP contribution is -2.29. The van der Waals surface area contributed by atoms with Crippen LogP contribution in [0.5, 0.6) is 11.5 Å². The van der Waals surface area contributed by atoms with E-state index in [-0.39, 0.29) is 65.5 Å². The number of carboxylic acids is 1. The Bertz CT molecular complexity index is 1720. The summed E-state index contributed by atoms with van der Waals surface area (Å²) in [6.07, 6.45) is 4.45. The summed E-state index contributed by atoms with van der Waals surface area (Å²) in [5.74, 6) is -11.0. The maximum atomic E-state index is 15.4. The van der Waals surface area contributed by atoms with Crippen molar-refractivity contribution in [3.05, 3.63) is 71.8 Å². The summed E-state index contributed by atoms with van der Waals surface area (Å²) in [5.41, 5.74) is 6.32. The molecule has 0 spiro atoms. The van der Waals surface area contributed by atoms with Crippen molar-refractivity contribution in [1.82, 2.24) is 24.6 Å². The molecule has 2 aromatic heterocycles. The van der Waals surface area contributed by atoms with Gasteiger partial charge < -0.3 is 20.5 Å². The standard InChI is InChI=1S/C27H21F5N6O4/c28-16-9-14(42-25-22(31)17(29)10-18(30)23(25)32)5-6-15(16)24-21-26(33)34-12-35-27(21)38(36-24)13-7-8-37(11-13)19(39)3-1-2-4-20(40)41/h2,4-6,9-10,12-13H,1,3,7-8,11H2,(H,40,41)(H2,33,34,35)/b4-2+/t13-/m1/s1. The fraction of sp³-hybridized carbons (Fsp3) is 0.222. The molecule has 4 aromatic rings. The van der Waals surface area contributed by atoms with Crippen LogP contribution in [0.2, 0.25) is 0 Å². The molecule has 0 saturated carbocycles. The monoisotopic (exact) mass is 588 g/mol. The Morgan fingerprint density at radius 1 is 1.07 bits per heavy atom. The molecule has 2 aromatic carbocycles. The molecule has 42 heavy (non-hydrogen) atoms. The number of amides is 1. The maximum absolute atomic E-state index is 15.4. The first-order valence-electron chi connectivity index (χ1n) is 12.5. The fourth-order valence-corrected chi connectivity index (χ4v) is 4.67. The molecular weight excluding hydrogens is 567 g/mol. The van der Waals surface area contributed by atoms with Gasteiger partial charge in [0.05, 0.1) is 11.4 Å². The number of nitrogens with zero attached hydrogens (tertiary/aromatic N) is 5. The van der Waals surface area contributed by atoms with Crippen molar-refractivity contribution in [3.63, 3.8) is 0 Å². The van der Waals surface area contributed by atoms with E-state index >= 15 is 4.39 Å². The van der Waals surface area contributed by atoms with Gasteiger partial charge in [0.15, 0.2) is 17.3 Å². The zero-order chi connectivity index (χ0) is 30.1. The number of nitrogens with two attached hydrogens (primary N) is 1. The van der Waals surface area contributed by atoms with Gasteiger partial charge in [0.25, 0.3) is 0 Å². The Hall–Kier alpha value is -5.08. The second-order valence-electron chi connectivity index (χ2n) is 9.35. The molecule has 0 radical (unpaired) electrons. The van der Waals surface area contributed by atoms with Crippen LogP contribution in [0.3, 0.4) is 0 Å². The third kappa shape index (κ3) is 5.44. The second-order valence-corrected chi connectivity index (χ2v) is 9.35. The van der Waals surface area contributed by atoms with Crippen LogP contribution in [0.15, 0.2) is 42.7 Å². The van der Waals surface area contributed by atoms with E-state index in [0.717, 1.165) is 18.2 Å². The van der Waals surface area contributed by atoms with Crippen LogP contribution in [-0.2, 0) is 9.59 Å². The van der Waals surface area contributed by atoms with E-state index < -0.39 is 46.6 Å². The van der Waals surface area contributed by atoms with E-state index in [9.17, 15) is 27.2 Å². The number of fused-ring (bicyclic) bond motifs is 1. The number of anilines is 1. The number of carboxylic acid groups (broad SMARTS) is 1. The number of carbonyl (C=O) groups is 2. The molecule has 0 bridgehead atoms. The van der Waals surface area contributed by atoms with Crippen LogP contribution in [0, 0.1) is 29.1 Å². The highest BCUT2D eigenvalue weighted by molar-refractivity contribution is 5.98. The van der Waals surface area contributed by atoms with Crippen molar-refractivity contribution in [2.24, 2.45) is 0 Å². The Balaban J connectivity index is 1.43. The molecule has 5 rings (SSSR count). The fourth-order valence-electron chi connectivity index (χ4n) is 4.67. The smallest absolute Gasteiger partial charge is 0.327 e. The molecule has 1 saturated heterocycles. The minimum absolute atomic E-state index is 0.00324. The number of nitrogen functional groups attached to an aromatic ring is 1.